The van der Waals surface area contributed by atoms with E-state index in [0.717, 1.165) is 36.7 Å². The molecule has 9 heteroatoms. The van der Waals surface area contributed by atoms with Crippen LogP contribution in [0.3, 0.4) is 0 Å². The molecule has 2 aromatic carbocycles. The van der Waals surface area contributed by atoms with E-state index in [-0.39, 0.29) is 18.4 Å². The normalized spacial score (nSPS) is 18.2. The third-order valence-electron chi connectivity index (χ3n) is 6.10. The SMILES string of the molecule is O=C(COc1ccc(Cl)cc1)NCC1CCC(c2nnc(-c3cc4cc(Cl)ccc4o3)o2)CC1. The van der Waals surface area contributed by atoms with Gasteiger partial charge in [-0.2, -0.15) is 0 Å². The molecule has 0 bridgehead atoms. The minimum atomic E-state index is -0.134. The highest BCUT2D eigenvalue weighted by Gasteiger charge is 2.27. The first-order valence-electron chi connectivity index (χ1n) is 11.2. The number of amides is 1. The fraction of sp³-hybridized carbons (Fsp3) is 0.320. The van der Waals surface area contributed by atoms with Crippen LogP contribution >= 0.6 is 23.2 Å². The van der Waals surface area contributed by atoms with Crippen molar-refractivity contribution in [1.82, 2.24) is 15.5 Å². The highest BCUT2D eigenvalue weighted by molar-refractivity contribution is 6.31. The minimum absolute atomic E-state index is 0.0181. The van der Waals surface area contributed by atoms with Gasteiger partial charge in [-0.1, -0.05) is 23.2 Å². The predicted octanol–water partition coefficient (Wildman–Crippen LogP) is 6.26. The first-order chi connectivity index (χ1) is 16.5. The van der Waals surface area contributed by atoms with Crippen LogP contribution in [0.15, 0.2) is 57.4 Å². The molecule has 34 heavy (non-hydrogen) atoms. The zero-order chi connectivity index (χ0) is 23.5. The Morgan fingerprint density at radius 1 is 0.971 bits per heavy atom. The third-order valence-corrected chi connectivity index (χ3v) is 6.58. The average molecular weight is 500 g/mol. The zero-order valence-electron chi connectivity index (χ0n) is 18.3. The number of hydrogen-bond donors (Lipinski definition) is 1. The van der Waals surface area contributed by atoms with Crippen molar-refractivity contribution in [1.29, 1.82) is 0 Å². The van der Waals surface area contributed by atoms with Gasteiger partial charge >= 0.3 is 0 Å². The summed E-state index contributed by atoms with van der Waals surface area (Å²) in [4.78, 5) is 12.1. The Bertz CT molecular complexity index is 1280. The van der Waals surface area contributed by atoms with Crippen molar-refractivity contribution in [3.63, 3.8) is 0 Å². The van der Waals surface area contributed by atoms with E-state index < -0.39 is 0 Å². The molecule has 176 valence electrons. The molecule has 4 aromatic rings. The maximum atomic E-state index is 12.1. The third kappa shape index (κ3) is 5.37. The van der Waals surface area contributed by atoms with E-state index in [9.17, 15) is 4.79 Å². The fourth-order valence-electron chi connectivity index (χ4n) is 4.22. The fourth-order valence-corrected chi connectivity index (χ4v) is 4.53. The van der Waals surface area contributed by atoms with Crippen LogP contribution in [0.4, 0.5) is 0 Å². The van der Waals surface area contributed by atoms with E-state index in [1.807, 2.05) is 18.2 Å². The molecule has 0 aliphatic heterocycles. The summed E-state index contributed by atoms with van der Waals surface area (Å²) in [6, 6.07) is 14.2. The molecule has 1 aliphatic carbocycles. The van der Waals surface area contributed by atoms with Gasteiger partial charge in [0.05, 0.1) is 0 Å². The molecule has 2 aromatic heterocycles. The van der Waals surface area contributed by atoms with Crippen LogP contribution in [0.25, 0.3) is 22.6 Å². The number of fused-ring (bicyclic) bond motifs is 1. The van der Waals surface area contributed by atoms with Gasteiger partial charge in [-0.05, 0) is 80.1 Å². The number of ether oxygens (including phenoxy) is 1. The summed E-state index contributed by atoms with van der Waals surface area (Å²) in [5.41, 5.74) is 0.722. The maximum absolute atomic E-state index is 12.1. The number of nitrogens with zero attached hydrogens (tertiary/aromatic N) is 2. The molecule has 0 unspecified atom stereocenters. The highest BCUT2D eigenvalue weighted by Crippen LogP contribution is 2.36. The molecule has 0 radical (unpaired) electrons. The van der Waals surface area contributed by atoms with E-state index in [0.29, 0.717) is 45.8 Å². The van der Waals surface area contributed by atoms with Crippen LogP contribution in [-0.2, 0) is 4.79 Å². The Hall–Kier alpha value is -3.03. The lowest BCUT2D eigenvalue weighted by molar-refractivity contribution is -0.123. The Balaban J connectivity index is 1.09. The van der Waals surface area contributed by atoms with Crippen molar-refractivity contribution in [2.24, 2.45) is 5.92 Å². The minimum Gasteiger partial charge on any atom is -0.484 e. The summed E-state index contributed by atoms with van der Waals surface area (Å²) in [6.45, 7) is 0.613. The molecule has 5 rings (SSSR count). The van der Waals surface area contributed by atoms with Gasteiger partial charge in [0.15, 0.2) is 12.4 Å². The Labute approximate surface area is 206 Å². The quantitative estimate of drug-likeness (QED) is 0.322. The van der Waals surface area contributed by atoms with Crippen molar-refractivity contribution in [3.8, 4) is 17.4 Å². The molecule has 1 saturated carbocycles. The Morgan fingerprint density at radius 2 is 1.74 bits per heavy atom. The number of rotatable bonds is 7. The predicted molar refractivity (Wildman–Crippen MR) is 129 cm³/mol. The van der Waals surface area contributed by atoms with Crippen LogP contribution in [0, 0.1) is 5.92 Å². The van der Waals surface area contributed by atoms with Gasteiger partial charge in [0.1, 0.15) is 11.3 Å². The van der Waals surface area contributed by atoms with E-state index in [2.05, 4.69) is 15.5 Å². The number of hydrogen-bond acceptors (Lipinski definition) is 6. The smallest absolute Gasteiger partial charge is 0.283 e. The lowest BCUT2D eigenvalue weighted by Gasteiger charge is -2.26. The van der Waals surface area contributed by atoms with Gasteiger partial charge in [-0.25, -0.2) is 0 Å². The number of aromatic nitrogens is 2. The van der Waals surface area contributed by atoms with E-state index in [4.69, 9.17) is 36.8 Å². The molecule has 1 amide bonds. The number of carbonyl (C=O) groups excluding carboxylic acids is 1. The Kier molecular flexibility index (Phi) is 6.74. The first-order valence-corrected chi connectivity index (χ1v) is 12.0. The first kappa shape index (κ1) is 22.7. The van der Waals surface area contributed by atoms with Crippen LogP contribution in [0.5, 0.6) is 5.75 Å². The van der Waals surface area contributed by atoms with Gasteiger partial charge in [-0.3, -0.25) is 4.79 Å². The monoisotopic (exact) mass is 499 g/mol. The summed E-state index contributed by atoms with van der Waals surface area (Å²) in [6.07, 6.45) is 3.81. The van der Waals surface area contributed by atoms with Gasteiger partial charge < -0.3 is 18.9 Å². The number of furan rings is 1. The molecule has 1 aliphatic rings. The number of benzene rings is 2. The molecule has 7 nitrogen and oxygen atoms in total. The summed E-state index contributed by atoms with van der Waals surface area (Å²) >= 11 is 11.9. The molecule has 1 N–H and O–H groups in total. The molecule has 2 heterocycles. The van der Waals surface area contributed by atoms with Crippen molar-refractivity contribution in [2.45, 2.75) is 31.6 Å². The largest absolute Gasteiger partial charge is 0.484 e. The highest BCUT2D eigenvalue weighted by atomic mass is 35.5. The van der Waals surface area contributed by atoms with E-state index >= 15 is 0 Å². The van der Waals surface area contributed by atoms with Crippen LogP contribution < -0.4 is 10.1 Å². The van der Waals surface area contributed by atoms with E-state index in [1.54, 1.807) is 30.3 Å². The summed E-state index contributed by atoms with van der Waals surface area (Å²) in [7, 11) is 0. The Morgan fingerprint density at radius 3 is 2.53 bits per heavy atom. The van der Waals surface area contributed by atoms with Crippen molar-refractivity contribution in [2.75, 3.05) is 13.2 Å². The van der Waals surface area contributed by atoms with Gasteiger partial charge in [-0.15, -0.1) is 10.2 Å². The second-order valence-electron chi connectivity index (χ2n) is 8.50. The number of nitrogens with one attached hydrogen (secondary N) is 1. The van der Waals surface area contributed by atoms with Crippen molar-refractivity contribution < 1.29 is 18.4 Å². The summed E-state index contributed by atoms with van der Waals surface area (Å²) in [5.74, 6) is 2.65. The van der Waals surface area contributed by atoms with Gasteiger partial charge in [0.2, 0.25) is 5.89 Å². The molecule has 1 fully saturated rings. The van der Waals surface area contributed by atoms with Gasteiger partial charge in [0.25, 0.3) is 11.8 Å². The summed E-state index contributed by atoms with van der Waals surface area (Å²) in [5, 5.41) is 13.6. The van der Waals surface area contributed by atoms with Crippen LogP contribution in [0.1, 0.15) is 37.5 Å². The zero-order valence-corrected chi connectivity index (χ0v) is 19.8. The average Bonchev–Trinajstić information content (AvgIpc) is 3.50. The number of carbonyl (C=O) groups is 1. The second-order valence-corrected chi connectivity index (χ2v) is 9.38. The second kappa shape index (κ2) is 10.1. The topological polar surface area (TPSA) is 90.4 Å². The molecule has 0 atom stereocenters. The lowest BCUT2D eigenvalue weighted by atomic mass is 9.82. The standard InChI is InChI=1S/C25H23Cl2N3O4/c26-18-5-8-20(9-6-18)32-14-23(31)28-13-15-1-3-16(4-2-15)24-29-30-25(34-24)22-12-17-11-19(27)7-10-21(17)33-22/h5-12,15-16H,1-4,13-14H2,(H,28,31). The van der Waals surface area contributed by atoms with E-state index in [1.165, 1.54) is 0 Å². The van der Waals surface area contributed by atoms with Crippen molar-refractivity contribution >= 4 is 40.1 Å². The number of halogens is 2. The molecule has 0 saturated heterocycles. The molecular weight excluding hydrogens is 477 g/mol. The van der Waals surface area contributed by atoms with Crippen molar-refractivity contribution in [3.05, 3.63) is 64.5 Å². The molecule has 0 spiro atoms. The van der Waals surface area contributed by atoms with Gasteiger partial charge in [0, 0.05) is 27.9 Å². The summed E-state index contributed by atoms with van der Waals surface area (Å²) < 4.78 is 17.3. The lowest BCUT2D eigenvalue weighted by Crippen LogP contribution is -2.34. The molecular formula is C25H23Cl2N3O4. The van der Waals surface area contributed by atoms with Crippen LogP contribution in [0.2, 0.25) is 10.0 Å². The van der Waals surface area contributed by atoms with Crippen LogP contribution in [-0.4, -0.2) is 29.3 Å². The maximum Gasteiger partial charge on any atom is 0.283 e.